The number of fused-ring (bicyclic) bond motifs is 1. The molecule has 6 nitrogen and oxygen atoms in total. The van der Waals surface area contributed by atoms with Gasteiger partial charge in [-0.25, -0.2) is 0 Å². The van der Waals surface area contributed by atoms with Crippen molar-refractivity contribution in [1.82, 2.24) is 15.1 Å². The lowest BCUT2D eigenvalue weighted by Gasteiger charge is -2.24. The molecule has 128 valence electrons. The lowest BCUT2D eigenvalue weighted by atomic mass is 9.93. The molecule has 0 saturated heterocycles. The number of carbonyl (C=O) groups excluding carboxylic acids is 1. The van der Waals surface area contributed by atoms with Gasteiger partial charge in [0.15, 0.2) is 6.61 Å². The van der Waals surface area contributed by atoms with Gasteiger partial charge in [-0.3, -0.25) is 9.48 Å². The van der Waals surface area contributed by atoms with Gasteiger partial charge in [0.05, 0.1) is 6.20 Å². The number of aromatic nitrogens is 2. The minimum Gasteiger partial charge on any atom is -0.484 e. The van der Waals surface area contributed by atoms with Crippen LogP contribution in [0.5, 0.6) is 5.75 Å². The van der Waals surface area contributed by atoms with Crippen LogP contribution in [0, 0.1) is 0 Å². The minimum atomic E-state index is -0.471. The normalized spacial score (nSPS) is 16.6. The number of amides is 1. The molecule has 6 heteroatoms. The number of hydrogen-bond acceptors (Lipinski definition) is 4. The van der Waals surface area contributed by atoms with Crippen LogP contribution < -0.4 is 15.8 Å². The van der Waals surface area contributed by atoms with Gasteiger partial charge in [0.1, 0.15) is 5.75 Å². The van der Waals surface area contributed by atoms with E-state index >= 15 is 0 Å². The van der Waals surface area contributed by atoms with Crippen LogP contribution in [-0.2, 0) is 24.3 Å². The van der Waals surface area contributed by atoms with Crippen molar-refractivity contribution in [3.8, 4) is 5.75 Å². The zero-order valence-electron chi connectivity index (χ0n) is 14.0. The first-order valence-electron chi connectivity index (χ1n) is 8.45. The monoisotopic (exact) mass is 328 g/mol. The Hall–Kier alpha value is -2.34. The summed E-state index contributed by atoms with van der Waals surface area (Å²) < 4.78 is 7.38. The number of benzene rings is 1. The van der Waals surface area contributed by atoms with Crippen molar-refractivity contribution in [2.45, 2.75) is 45.3 Å². The molecule has 1 aromatic carbocycles. The number of nitrogens with one attached hydrogen (secondary N) is 1. The van der Waals surface area contributed by atoms with Crippen molar-refractivity contribution in [2.24, 2.45) is 5.73 Å². The van der Waals surface area contributed by atoms with Crippen molar-refractivity contribution in [3.05, 3.63) is 47.3 Å². The molecular formula is C18H24N4O2. The van der Waals surface area contributed by atoms with Gasteiger partial charge in [0, 0.05) is 30.4 Å². The predicted molar refractivity (Wildman–Crippen MR) is 91.6 cm³/mol. The molecule has 1 aliphatic rings. The van der Waals surface area contributed by atoms with E-state index in [1.54, 1.807) is 0 Å². The number of nitrogens with zero attached hydrogens (tertiary/aromatic N) is 2. The molecule has 3 N–H and O–H groups in total. The van der Waals surface area contributed by atoms with Crippen LogP contribution in [0.2, 0.25) is 0 Å². The van der Waals surface area contributed by atoms with Crippen molar-refractivity contribution in [2.75, 3.05) is 6.61 Å². The third-order valence-corrected chi connectivity index (χ3v) is 4.42. The van der Waals surface area contributed by atoms with E-state index in [2.05, 4.69) is 22.0 Å². The second kappa shape index (κ2) is 7.49. The van der Waals surface area contributed by atoms with Crippen LogP contribution in [0.3, 0.4) is 0 Å². The van der Waals surface area contributed by atoms with Crippen molar-refractivity contribution in [3.63, 3.8) is 0 Å². The molecule has 2 aromatic rings. The lowest BCUT2D eigenvalue weighted by Crippen LogP contribution is -2.25. The molecular weight excluding hydrogens is 304 g/mol. The van der Waals surface area contributed by atoms with Gasteiger partial charge in [-0.05, 0) is 43.9 Å². The Bertz CT molecular complexity index is 694. The highest BCUT2D eigenvalue weighted by Crippen LogP contribution is 2.29. The third kappa shape index (κ3) is 3.76. The van der Waals surface area contributed by atoms with Gasteiger partial charge < -0.3 is 15.8 Å². The Balaban J connectivity index is 1.58. The molecule has 1 amide bonds. The molecule has 3 rings (SSSR count). The molecule has 1 aliphatic carbocycles. The summed E-state index contributed by atoms with van der Waals surface area (Å²) in [5.41, 5.74) is 8.96. The molecule has 0 bridgehead atoms. The summed E-state index contributed by atoms with van der Waals surface area (Å²) in [5, 5.41) is 8.12. The lowest BCUT2D eigenvalue weighted by molar-refractivity contribution is -0.119. The molecule has 0 spiro atoms. The van der Waals surface area contributed by atoms with Crippen LogP contribution in [0.25, 0.3) is 0 Å². The average Bonchev–Trinajstić information content (AvgIpc) is 3.02. The molecule has 0 fully saturated rings. The van der Waals surface area contributed by atoms with Crippen LogP contribution in [0.15, 0.2) is 30.5 Å². The maximum atomic E-state index is 10.7. The van der Waals surface area contributed by atoms with Crippen molar-refractivity contribution in [1.29, 1.82) is 0 Å². The quantitative estimate of drug-likeness (QED) is 0.814. The topological polar surface area (TPSA) is 82.2 Å². The molecule has 0 radical (unpaired) electrons. The maximum Gasteiger partial charge on any atom is 0.255 e. The first kappa shape index (κ1) is 16.5. The number of rotatable bonds is 7. The zero-order chi connectivity index (χ0) is 16.9. The Morgan fingerprint density at radius 1 is 1.42 bits per heavy atom. The van der Waals surface area contributed by atoms with E-state index in [9.17, 15) is 4.79 Å². The largest absolute Gasteiger partial charge is 0.484 e. The van der Waals surface area contributed by atoms with E-state index < -0.39 is 5.91 Å². The first-order valence-corrected chi connectivity index (χ1v) is 8.45. The fourth-order valence-electron chi connectivity index (χ4n) is 3.20. The van der Waals surface area contributed by atoms with Gasteiger partial charge in [0.25, 0.3) is 5.91 Å². The van der Waals surface area contributed by atoms with E-state index in [4.69, 9.17) is 10.5 Å². The highest BCUT2D eigenvalue weighted by molar-refractivity contribution is 5.75. The number of aryl methyl sites for hydroxylation is 1. The number of ether oxygens (including phenoxy) is 1. The van der Waals surface area contributed by atoms with E-state index in [0.717, 1.165) is 25.9 Å². The third-order valence-electron chi connectivity index (χ3n) is 4.42. The van der Waals surface area contributed by atoms with Crippen molar-refractivity contribution >= 4 is 5.91 Å². The van der Waals surface area contributed by atoms with Gasteiger partial charge in [-0.15, -0.1) is 0 Å². The maximum absolute atomic E-state index is 10.7. The predicted octanol–water partition coefficient (Wildman–Crippen LogP) is 1.93. The van der Waals surface area contributed by atoms with E-state index in [0.29, 0.717) is 11.8 Å². The molecule has 1 atom stereocenters. The molecule has 1 aromatic heterocycles. The summed E-state index contributed by atoms with van der Waals surface area (Å²) in [5.74, 6) is 0.184. The van der Waals surface area contributed by atoms with Crippen LogP contribution in [0.4, 0.5) is 0 Å². The van der Waals surface area contributed by atoms with Crippen molar-refractivity contribution < 1.29 is 9.53 Å². The number of carbonyl (C=O) groups is 1. The van der Waals surface area contributed by atoms with E-state index in [-0.39, 0.29) is 6.61 Å². The average molecular weight is 328 g/mol. The van der Waals surface area contributed by atoms with Gasteiger partial charge in [-0.1, -0.05) is 12.1 Å². The summed E-state index contributed by atoms with van der Waals surface area (Å²) in [4.78, 5) is 10.7. The summed E-state index contributed by atoms with van der Waals surface area (Å²) in [6.07, 6.45) is 5.46. The Morgan fingerprint density at radius 2 is 2.21 bits per heavy atom. The SMILES string of the molecule is CCn1ncc2c1CCCC2NCc1ccc(OCC(N)=O)cc1. The summed E-state index contributed by atoms with van der Waals surface area (Å²) in [6, 6.07) is 8.09. The second-order valence-electron chi connectivity index (χ2n) is 6.09. The Morgan fingerprint density at radius 3 is 2.92 bits per heavy atom. The first-order chi connectivity index (χ1) is 11.7. The number of primary amides is 1. The standard InChI is InChI=1S/C18H24N4O2/c1-2-22-17-5-3-4-16(15(17)11-21-22)20-10-13-6-8-14(9-7-13)24-12-18(19)23/h6-9,11,16,20H,2-5,10,12H2,1H3,(H2,19,23). The summed E-state index contributed by atoms with van der Waals surface area (Å²) in [6.45, 7) is 3.75. The van der Waals surface area contributed by atoms with Crippen LogP contribution in [0.1, 0.15) is 42.6 Å². The number of nitrogens with two attached hydrogens (primary N) is 1. The second-order valence-corrected chi connectivity index (χ2v) is 6.09. The zero-order valence-corrected chi connectivity index (χ0v) is 14.0. The smallest absolute Gasteiger partial charge is 0.255 e. The molecule has 0 saturated carbocycles. The molecule has 24 heavy (non-hydrogen) atoms. The molecule has 1 heterocycles. The Kier molecular flexibility index (Phi) is 5.15. The summed E-state index contributed by atoms with van der Waals surface area (Å²) in [7, 11) is 0. The van der Waals surface area contributed by atoms with Gasteiger partial charge in [-0.2, -0.15) is 5.10 Å². The fraction of sp³-hybridized carbons (Fsp3) is 0.444. The van der Waals surface area contributed by atoms with E-state index in [1.165, 1.54) is 23.2 Å². The molecule has 0 aliphatic heterocycles. The van der Waals surface area contributed by atoms with Gasteiger partial charge in [0.2, 0.25) is 0 Å². The Labute approximate surface area is 142 Å². The fourth-order valence-corrected chi connectivity index (χ4v) is 3.20. The van der Waals surface area contributed by atoms with Crippen LogP contribution >= 0.6 is 0 Å². The molecule has 1 unspecified atom stereocenters. The van der Waals surface area contributed by atoms with E-state index in [1.807, 2.05) is 30.5 Å². The summed E-state index contributed by atoms with van der Waals surface area (Å²) >= 11 is 0. The van der Waals surface area contributed by atoms with Gasteiger partial charge >= 0.3 is 0 Å². The highest BCUT2D eigenvalue weighted by atomic mass is 16.5. The van der Waals surface area contributed by atoms with Crippen LogP contribution in [-0.4, -0.2) is 22.3 Å². The number of hydrogen-bond donors (Lipinski definition) is 2. The highest BCUT2D eigenvalue weighted by Gasteiger charge is 2.23. The minimum absolute atomic E-state index is 0.0934.